The van der Waals surface area contributed by atoms with Gasteiger partial charge in [0.25, 0.3) is 0 Å². The van der Waals surface area contributed by atoms with Gasteiger partial charge in [0.2, 0.25) is 0 Å². The minimum atomic E-state index is -4.37. The first-order valence-electron chi connectivity index (χ1n) is 9.34. The van der Waals surface area contributed by atoms with Crippen molar-refractivity contribution in [2.75, 3.05) is 26.4 Å². The summed E-state index contributed by atoms with van der Waals surface area (Å²) < 4.78 is 49.5. The number of carbonyl (C=O) groups excluding carboxylic acids is 1. The first-order chi connectivity index (χ1) is 13.8. The van der Waals surface area contributed by atoms with Crippen molar-refractivity contribution in [3.8, 4) is 0 Å². The molecule has 1 heterocycles. The molecule has 0 radical (unpaired) electrons. The van der Waals surface area contributed by atoms with Crippen molar-refractivity contribution in [3.05, 3.63) is 35.9 Å². The van der Waals surface area contributed by atoms with Crippen LogP contribution < -0.4 is 10.6 Å². The van der Waals surface area contributed by atoms with Crippen LogP contribution in [0.4, 0.5) is 4.79 Å². The monoisotopic (exact) mass is 447 g/mol. The number of rotatable bonds is 11. The Morgan fingerprint density at radius 2 is 1.31 bits per heavy atom. The van der Waals surface area contributed by atoms with Gasteiger partial charge >= 0.3 is 26.4 Å². The zero-order valence-corrected chi connectivity index (χ0v) is 18.7. The maximum atomic E-state index is 13.9. The Hall–Kier alpha value is -1.54. The van der Waals surface area contributed by atoms with Crippen molar-refractivity contribution in [1.82, 2.24) is 10.6 Å². The highest BCUT2D eigenvalue weighted by atomic mass is 31.2. The molecule has 2 N–H and O–H groups in total. The zero-order chi connectivity index (χ0) is 21.5. The van der Waals surface area contributed by atoms with Crippen molar-refractivity contribution >= 4 is 27.1 Å². The Morgan fingerprint density at radius 3 is 1.72 bits per heavy atom. The average molecular weight is 447 g/mol. The molecule has 1 aromatic carbocycles. The highest BCUT2D eigenvalue weighted by Crippen LogP contribution is 2.77. The van der Waals surface area contributed by atoms with E-state index in [1.54, 1.807) is 58.0 Å². The summed E-state index contributed by atoms with van der Waals surface area (Å²) in [6.07, 6.45) is 0. The summed E-state index contributed by atoms with van der Waals surface area (Å²) in [5.41, 5.74) is 0.505. The van der Waals surface area contributed by atoms with Gasteiger partial charge in [0.05, 0.1) is 26.4 Å². The molecule has 0 atom stereocenters. The van der Waals surface area contributed by atoms with Gasteiger partial charge in [0.1, 0.15) is 5.84 Å². The van der Waals surface area contributed by atoms with Crippen molar-refractivity contribution in [1.29, 1.82) is 0 Å². The van der Waals surface area contributed by atoms with E-state index in [2.05, 4.69) is 15.6 Å². The lowest BCUT2D eigenvalue weighted by molar-refractivity contribution is 0.167. The summed E-state index contributed by atoms with van der Waals surface area (Å²) in [5.74, 6) is 0.0358. The quantitative estimate of drug-likeness (QED) is 0.493. The number of amidine groups is 1. The zero-order valence-electron chi connectivity index (χ0n) is 16.9. The molecule has 2 amide bonds. The van der Waals surface area contributed by atoms with Gasteiger partial charge in [0, 0.05) is 5.56 Å². The SMILES string of the molecule is CCOP(=O)(OCC)C1(P(=O)(OCC)OCC)N=C(c2ccccc2)NC(=O)N1. The Labute approximate surface area is 170 Å². The van der Waals surface area contributed by atoms with Gasteiger partial charge in [-0.25, -0.2) is 9.79 Å². The number of carbonyl (C=O) groups is 1. The van der Waals surface area contributed by atoms with Crippen LogP contribution in [0.25, 0.3) is 0 Å². The third kappa shape index (κ3) is 4.63. The lowest BCUT2D eigenvalue weighted by atomic mass is 10.2. The fourth-order valence-corrected chi connectivity index (χ4v) is 7.80. The van der Waals surface area contributed by atoms with Gasteiger partial charge in [-0.05, 0) is 27.7 Å². The summed E-state index contributed by atoms with van der Waals surface area (Å²) in [4.78, 5) is 17.0. The molecule has 0 unspecified atom stereocenters. The molecule has 0 aromatic heterocycles. The predicted octanol–water partition coefficient (Wildman–Crippen LogP) is 3.89. The molecule has 29 heavy (non-hydrogen) atoms. The Balaban J connectivity index is 2.83. The smallest absolute Gasteiger partial charge is 0.305 e. The van der Waals surface area contributed by atoms with E-state index in [0.29, 0.717) is 5.56 Å². The van der Waals surface area contributed by atoms with E-state index in [4.69, 9.17) is 18.1 Å². The molecule has 0 bridgehead atoms. The van der Waals surface area contributed by atoms with Crippen molar-refractivity contribution in [3.63, 3.8) is 0 Å². The number of hydrogen-bond acceptors (Lipinski definition) is 8. The number of nitrogens with zero attached hydrogens (tertiary/aromatic N) is 1. The average Bonchev–Trinajstić information content (AvgIpc) is 2.68. The van der Waals surface area contributed by atoms with Gasteiger partial charge in [-0.15, -0.1) is 0 Å². The largest absolute Gasteiger partial charge is 0.391 e. The van der Waals surface area contributed by atoms with E-state index in [1.807, 2.05) is 0 Å². The molecule has 1 aliphatic rings. The maximum absolute atomic E-state index is 13.9. The number of nitrogens with one attached hydrogen (secondary N) is 2. The lowest BCUT2D eigenvalue weighted by Gasteiger charge is -2.41. The Morgan fingerprint density at radius 1 is 0.862 bits per heavy atom. The molecule has 2 rings (SSSR count). The first kappa shape index (κ1) is 23.7. The fraction of sp³-hybridized carbons (Fsp3) is 0.529. The lowest BCUT2D eigenvalue weighted by Crippen LogP contribution is -2.58. The summed E-state index contributed by atoms with van der Waals surface area (Å²) in [7, 11) is -8.75. The number of hydrogen-bond donors (Lipinski definition) is 2. The Bertz CT molecular complexity index is 782. The Kier molecular flexibility index (Phi) is 8.17. The van der Waals surface area contributed by atoms with Crippen molar-refractivity contribution < 1.29 is 32.0 Å². The number of urea groups is 1. The van der Waals surface area contributed by atoms with Gasteiger partial charge in [0.15, 0.2) is 0 Å². The molecule has 0 fully saturated rings. The molecular weight excluding hydrogens is 420 g/mol. The second-order valence-corrected chi connectivity index (χ2v) is 10.4. The number of aliphatic imine (C=N–C) groups is 1. The molecule has 1 aliphatic heterocycles. The fourth-order valence-electron chi connectivity index (χ4n) is 2.76. The van der Waals surface area contributed by atoms with Crippen LogP contribution in [0.5, 0.6) is 0 Å². The van der Waals surface area contributed by atoms with Crippen LogP contribution >= 0.6 is 15.2 Å². The molecule has 10 nitrogen and oxygen atoms in total. The highest BCUT2D eigenvalue weighted by Gasteiger charge is 2.69. The normalized spacial score (nSPS) is 16.7. The van der Waals surface area contributed by atoms with E-state index >= 15 is 0 Å². The minimum absolute atomic E-state index is 0.0358. The molecule has 0 saturated carbocycles. The van der Waals surface area contributed by atoms with Crippen molar-refractivity contribution in [2.45, 2.75) is 32.8 Å². The van der Waals surface area contributed by atoms with Gasteiger partial charge < -0.3 is 18.1 Å². The molecule has 1 aromatic rings. The molecule has 162 valence electrons. The topological polar surface area (TPSA) is 125 Å². The number of benzene rings is 1. The number of amides is 2. The molecule has 0 aliphatic carbocycles. The predicted molar refractivity (Wildman–Crippen MR) is 109 cm³/mol. The second-order valence-electron chi connectivity index (χ2n) is 5.71. The first-order valence-corrected chi connectivity index (χ1v) is 12.4. The van der Waals surface area contributed by atoms with Crippen LogP contribution in [-0.4, -0.2) is 43.4 Å². The van der Waals surface area contributed by atoms with Crippen LogP contribution in [0.3, 0.4) is 0 Å². The van der Waals surface area contributed by atoms with E-state index in [9.17, 15) is 13.9 Å². The summed E-state index contributed by atoms with van der Waals surface area (Å²) in [6, 6.07) is 7.85. The van der Waals surface area contributed by atoms with E-state index in [-0.39, 0.29) is 32.3 Å². The third-order valence-electron chi connectivity index (χ3n) is 3.79. The van der Waals surface area contributed by atoms with E-state index in [0.717, 1.165) is 0 Å². The standard InChI is InChI=1S/C17H27N3O7P2/c1-5-24-28(22,25-6-2)17(29(23,26-7-3)27-8-4)19-15(18-16(21)20-17)14-12-10-9-11-13-14/h9-13H,5-8H2,1-4H3,(H2,18,19,20,21). The van der Waals surface area contributed by atoms with E-state index in [1.165, 1.54) is 0 Å². The van der Waals surface area contributed by atoms with Gasteiger partial charge in [-0.2, -0.15) is 0 Å². The highest BCUT2D eigenvalue weighted by molar-refractivity contribution is 7.74. The molecular formula is C17H27N3O7P2. The molecule has 0 saturated heterocycles. The van der Waals surface area contributed by atoms with Crippen LogP contribution in [0.1, 0.15) is 33.3 Å². The van der Waals surface area contributed by atoms with Crippen molar-refractivity contribution in [2.24, 2.45) is 4.99 Å². The maximum Gasteiger partial charge on any atom is 0.391 e. The summed E-state index contributed by atoms with van der Waals surface area (Å²) in [6.45, 7) is 6.19. The van der Waals surface area contributed by atoms with Crippen LogP contribution in [0, 0.1) is 0 Å². The minimum Gasteiger partial charge on any atom is -0.305 e. The third-order valence-corrected chi connectivity index (χ3v) is 9.60. The molecule has 12 heteroatoms. The van der Waals surface area contributed by atoms with Crippen LogP contribution in [0.15, 0.2) is 35.3 Å². The van der Waals surface area contributed by atoms with Crippen LogP contribution in [0.2, 0.25) is 0 Å². The van der Waals surface area contributed by atoms with Gasteiger partial charge in [-0.3, -0.25) is 19.8 Å². The summed E-state index contributed by atoms with van der Waals surface area (Å²) >= 11 is 0. The second kappa shape index (κ2) is 9.98. The van der Waals surface area contributed by atoms with Gasteiger partial charge in [-0.1, -0.05) is 30.3 Å². The van der Waals surface area contributed by atoms with E-state index < -0.39 is 26.4 Å². The summed E-state index contributed by atoms with van der Waals surface area (Å²) in [5, 5.41) is 2.51. The van der Waals surface area contributed by atoms with Crippen LogP contribution in [-0.2, 0) is 27.2 Å². The molecule has 0 spiro atoms.